The van der Waals surface area contributed by atoms with E-state index in [2.05, 4.69) is 0 Å². The van der Waals surface area contributed by atoms with Crippen LogP contribution in [0.2, 0.25) is 0 Å². The van der Waals surface area contributed by atoms with Gasteiger partial charge in [-0.25, -0.2) is 0 Å². The van der Waals surface area contributed by atoms with Gasteiger partial charge in [-0.05, 0) is 42.0 Å². The van der Waals surface area contributed by atoms with E-state index in [1.807, 2.05) is 0 Å². The first-order valence-electron chi connectivity index (χ1n) is 6.30. The number of hydrogen-bond acceptors (Lipinski definition) is 5. The summed E-state index contributed by atoms with van der Waals surface area (Å²) in [5.41, 5.74) is 0. The van der Waals surface area contributed by atoms with Gasteiger partial charge in [0.25, 0.3) is 10.1 Å². The van der Waals surface area contributed by atoms with E-state index < -0.39 is 16.4 Å². The summed E-state index contributed by atoms with van der Waals surface area (Å²) in [6, 6.07) is 9.41. The van der Waals surface area contributed by atoms with E-state index in [9.17, 15) is 8.42 Å². The normalized spacial score (nSPS) is 13.3. The molecule has 1 atom stereocenters. The first kappa shape index (κ1) is 15.7. The van der Waals surface area contributed by atoms with E-state index in [4.69, 9.17) is 19.1 Å². The van der Waals surface area contributed by atoms with Crippen molar-refractivity contribution in [3.05, 3.63) is 36.4 Å². The van der Waals surface area contributed by atoms with Gasteiger partial charge in [0.1, 0.15) is 5.75 Å². The van der Waals surface area contributed by atoms with Gasteiger partial charge >= 0.3 is 0 Å². The third-order valence-corrected chi connectivity index (χ3v) is 3.68. The maximum absolute atomic E-state index is 11.1. The van der Waals surface area contributed by atoms with Crippen molar-refractivity contribution in [2.45, 2.75) is 18.1 Å². The Hall–Kier alpha value is -1.67. The number of rotatable bonds is 6. The van der Waals surface area contributed by atoms with Crippen LogP contribution in [0.3, 0.4) is 0 Å². The van der Waals surface area contributed by atoms with E-state index in [1.165, 1.54) is 12.1 Å². The monoisotopic (exact) mass is 312 g/mol. The van der Waals surface area contributed by atoms with Gasteiger partial charge < -0.3 is 14.6 Å². The minimum Gasteiger partial charge on any atom is -0.465 e. The summed E-state index contributed by atoms with van der Waals surface area (Å²) >= 11 is 0. The summed E-state index contributed by atoms with van der Waals surface area (Å²) in [6.45, 7) is 1.82. The van der Waals surface area contributed by atoms with E-state index in [0.29, 0.717) is 11.1 Å². The molecule has 0 saturated heterocycles. The van der Waals surface area contributed by atoms with Gasteiger partial charge in [0.05, 0.1) is 18.1 Å². The Morgan fingerprint density at radius 1 is 1.14 bits per heavy atom. The zero-order valence-electron chi connectivity index (χ0n) is 11.4. The highest BCUT2D eigenvalue weighted by Gasteiger charge is 2.10. The minimum atomic E-state index is -4.21. The van der Waals surface area contributed by atoms with Crippen LogP contribution in [0.15, 0.2) is 41.3 Å². The molecule has 0 fully saturated rings. The quantitative estimate of drug-likeness (QED) is 0.624. The van der Waals surface area contributed by atoms with Crippen molar-refractivity contribution in [2.75, 3.05) is 13.2 Å². The van der Waals surface area contributed by atoms with Crippen LogP contribution in [0.5, 0.6) is 5.75 Å². The number of fused-ring (bicyclic) bond motifs is 1. The van der Waals surface area contributed by atoms with Gasteiger partial charge in [-0.2, -0.15) is 8.42 Å². The lowest BCUT2D eigenvalue weighted by Crippen LogP contribution is -2.18. The van der Waals surface area contributed by atoms with Crippen molar-refractivity contribution in [3.63, 3.8) is 0 Å². The lowest BCUT2D eigenvalue weighted by atomic mass is 10.1. The number of aliphatic hydroxyl groups excluding tert-OH is 1. The molecule has 2 aromatic carbocycles. The van der Waals surface area contributed by atoms with Crippen LogP contribution in [0.4, 0.5) is 0 Å². The highest BCUT2D eigenvalue weighted by atomic mass is 32.2. The molecule has 0 aliphatic rings. The van der Waals surface area contributed by atoms with Crippen LogP contribution in [0, 0.1) is 0 Å². The van der Waals surface area contributed by atoms with Crippen LogP contribution in [-0.2, 0) is 14.9 Å². The molecule has 0 bridgehead atoms. The van der Waals surface area contributed by atoms with E-state index >= 15 is 0 Å². The van der Waals surface area contributed by atoms with Crippen LogP contribution >= 0.6 is 0 Å². The van der Waals surface area contributed by atoms with Gasteiger partial charge in [0, 0.05) is 0 Å². The highest BCUT2D eigenvalue weighted by Crippen LogP contribution is 2.24. The molecule has 21 heavy (non-hydrogen) atoms. The first-order chi connectivity index (χ1) is 9.90. The van der Waals surface area contributed by atoms with Crippen molar-refractivity contribution in [1.82, 2.24) is 0 Å². The number of aliphatic hydroxyl groups is 1. The van der Waals surface area contributed by atoms with Crippen molar-refractivity contribution in [3.8, 4) is 5.75 Å². The highest BCUT2D eigenvalue weighted by molar-refractivity contribution is 7.85. The standard InChI is InChI=1S/C14H16O6S/c1-10(19-7-6-15)20-13-4-2-12-9-14(21(16,17)18)5-3-11(12)8-13/h2-5,8-10,15H,6-7H2,1H3,(H,16,17,18). The van der Waals surface area contributed by atoms with Crippen molar-refractivity contribution < 1.29 is 27.6 Å². The molecular weight excluding hydrogens is 296 g/mol. The molecule has 0 spiro atoms. The van der Waals surface area contributed by atoms with E-state index in [0.717, 1.165) is 5.39 Å². The molecule has 0 aliphatic heterocycles. The van der Waals surface area contributed by atoms with E-state index in [1.54, 1.807) is 31.2 Å². The van der Waals surface area contributed by atoms with E-state index in [-0.39, 0.29) is 18.1 Å². The first-order valence-corrected chi connectivity index (χ1v) is 7.74. The van der Waals surface area contributed by atoms with Gasteiger partial charge in [-0.3, -0.25) is 4.55 Å². The molecule has 0 aromatic heterocycles. The maximum Gasteiger partial charge on any atom is 0.294 e. The molecule has 0 aliphatic carbocycles. The number of benzene rings is 2. The molecule has 2 aromatic rings. The largest absolute Gasteiger partial charge is 0.465 e. The average Bonchev–Trinajstić information content (AvgIpc) is 2.43. The third-order valence-electron chi connectivity index (χ3n) is 2.83. The molecule has 1 unspecified atom stereocenters. The van der Waals surface area contributed by atoms with Gasteiger partial charge in [-0.1, -0.05) is 12.1 Å². The predicted octanol–water partition coefficient (Wildman–Crippen LogP) is 1.82. The van der Waals surface area contributed by atoms with Crippen molar-refractivity contribution in [1.29, 1.82) is 0 Å². The SMILES string of the molecule is CC(OCCO)Oc1ccc2cc(S(=O)(=O)O)ccc2c1. The second-order valence-corrected chi connectivity index (χ2v) is 5.85. The second kappa shape index (κ2) is 6.40. The van der Waals surface area contributed by atoms with Crippen molar-refractivity contribution in [2.24, 2.45) is 0 Å². The summed E-state index contributed by atoms with van der Waals surface area (Å²) in [5, 5.41) is 10.1. The zero-order valence-corrected chi connectivity index (χ0v) is 12.2. The molecule has 0 radical (unpaired) electrons. The fourth-order valence-electron chi connectivity index (χ4n) is 1.88. The third kappa shape index (κ3) is 4.15. The van der Waals surface area contributed by atoms with Gasteiger partial charge in [0.2, 0.25) is 0 Å². The molecule has 6 nitrogen and oxygen atoms in total. The lowest BCUT2D eigenvalue weighted by molar-refractivity contribution is -0.0760. The predicted molar refractivity (Wildman–Crippen MR) is 76.9 cm³/mol. The van der Waals surface area contributed by atoms with Crippen LogP contribution in [0.1, 0.15) is 6.92 Å². The Kier molecular flexibility index (Phi) is 4.79. The molecule has 2 N–H and O–H groups in total. The number of ether oxygens (including phenoxy) is 2. The Balaban J connectivity index is 2.23. The fourth-order valence-corrected chi connectivity index (χ4v) is 2.40. The smallest absolute Gasteiger partial charge is 0.294 e. The van der Waals surface area contributed by atoms with Crippen molar-refractivity contribution >= 4 is 20.9 Å². The topological polar surface area (TPSA) is 93.1 Å². The van der Waals surface area contributed by atoms with Crippen LogP contribution in [-0.4, -0.2) is 37.6 Å². The summed E-state index contributed by atoms with van der Waals surface area (Å²) < 4.78 is 41.9. The summed E-state index contributed by atoms with van der Waals surface area (Å²) in [7, 11) is -4.21. The van der Waals surface area contributed by atoms with Gasteiger partial charge in [0.15, 0.2) is 6.29 Å². The molecule has 7 heteroatoms. The Morgan fingerprint density at radius 3 is 2.48 bits per heavy atom. The minimum absolute atomic E-state index is 0.0795. The van der Waals surface area contributed by atoms with Crippen LogP contribution in [0.25, 0.3) is 10.8 Å². The lowest BCUT2D eigenvalue weighted by Gasteiger charge is -2.15. The Labute approximate surface area is 122 Å². The molecular formula is C14H16O6S. The zero-order chi connectivity index (χ0) is 15.5. The fraction of sp³-hybridized carbons (Fsp3) is 0.286. The summed E-state index contributed by atoms with van der Waals surface area (Å²) in [5.74, 6) is 0.563. The number of hydrogen-bond donors (Lipinski definition) is 2. The molecule has 114 valence electrons. The maximum atomic E-state index is 11.1. The average molecular weight is 312 g/mol. The van der Waals surface area contributed by atoms with Crippen LogP contribution < -0.4 is 4.74 Å². The second-order valence-electron chi connectivity index (χ2n) is 4.43. The molecule has 0 amide bonds. The molecule has 0 heterocycles. The molecule has 2 rings (SSSR count). The summed E-state index contributed by atoms with van der Waals surface area (Å²) in [6.07, 6.45) is -0.508. The van der Waals surface area contributed by atoms with Gasteiger partial charge in [-0.15, -0.1) is 0 Å². The Bertz CT molecular complexity index is 725. The summed E-state index contributed by atoms with van der Waals surface area (Å²) in [4.78, 5) is -0.150. The Morgan fingerprint density at radius 2 is 1.81 bits per heavy atom. The molecule has 0 saturated carbocycles.